The molecular formula is C20H19F3N2O3. The molecule has 2 aromatic carbocycles. The first kappa shape index (κ1) is 19.7. The Bertz CT molecular complexity index is 823. The summed E-state index contributed by atoms with van der Waals surface area (Å²) in [5.74, 6) is -1.72. The first-order chi connectivity index (χ1) is 13.3. The number of alkyl halides is 3. The quantitative estimate of drug-likeness (QED) is 0.848. The molecule has 0 radical (unpaired) electrons. The molecule has 5 nitrogen and oxygen atoms in total. The number of amides is 2. The average molecular weight is 392 g/mol. The van der Waals surface area contributed by atoms with Crippen LogP contribution in [-0.2, 0) is 9.59 Å². The van der Waals surface area contributed by atoms with Crippen molar-refractivity contribution in [1.29, 1.82) is 0 Å². The smallest absolute Gasteiger partial charge is 0.457 e. The molecule has 28 heavy (non-hydrogen) atoms. The molecule has 1 unspecified atom stereocenters. The highest BCUT2D eigenvalue weighted by Crippen LogP contribution is 2.26. The maximum atomic E-state index is 12.6. The highest BCUT2D eigenvalue weighted by atomic mass is 19.4. The van der Waals surface area contributed by atoms with Gasteiger partial charge in [0.05, 0.1) is 5.92 Å². The molecule has 1 aliphatic rings. The number of hydrogen-bond donors (Lipinski definition) is 1. The van der Waals surface area contributed by atoms with E-state index in [0.717, 1.165) is 0 Å². The summed E-state index contributed by atoms with van der Waals surface area (Å²) in [7, 11) is 0. The number of carbonyl (C=O) groups is 2. The monoisotopic (exact) mass is 392 g/mol. The fourth-order valence-corrected chi connectivity index (χ4v) is 3.03. The van der Waals surface area contributed by atoms with Gasteiger partial charge in [0.25, 0.3) is 0 Å². The SMILES string of the molecule is O=C(Nc1ccc(Oc2ccccc2)cc1)C1CCCN(C(=O)C(F)(F)F)C1. The summed E-state index contributed by atoms with van der Waals surface area (Å²) in [5.41, 5.74) is 0.504. The number of hydrogen-bond acceptors (Lipinski definition) is 3. The van der Waals surface area contributed by atoms with Gasteiger partial charge in [0, 0.05) is 18.8 Å². The van der Waals surface area contributed by atoms with E-state index in [1.165, 1.54) is 0 Å². The third-order valence-electron chi connectivity index (χ3n) is 4.42. The van der Waals surface area contributed by atoms with Gasteiger partial charge in [-0.25, -0.2) is 0 Å². The van der Waals surface area contributed by atoms with Gasteiger partial charge in [-0.05, 0) is 49.2 Å². The number of rotatable bonds is 4. The maximum absolute atomic E-state index is 12.6. The van der Waals surface area contributed by atoms with Crippen molar-refractivity contribution in [2.45, 2.75) is 19.0 Å². The van der Waals surface area contributed by atoms with Crippen molar-refractivity contribution in [1.82, 2.24) is 4.90 Å². The lowest BCUT2D eigenvalue weighted by molar-refractivity contribution is -0.187. The molecule has 8 heteroatoms. The molecule has 0 aliphatic carbocycles. The summed E-state index contributed by atoms with van der Waals surface area (Å²) in [6, 6.07) is 15.9. The van der Waals surface area contributed by atoms with E-state index in [1.807, 2.05) is 30.3 Å². The number of benzene rings is 2. The van der Waals surface area contributed by atoms with Crippen molar-refractivity contribution < 1.29 is 27.5 Å². The van der Waals surface area contributed by atoms with E-state index in [2.05, 4.69) is 5.32 Å². The molecule has 0 bridgehead atoms. The first-order valence-corrected chi connectivity index (χ1v) is 8.83. The van der Waals surface area contributed by atoms with E-state index in [0.29, 0.717) is 34.9 Å². The zero-order chi connectivity index (χ0) is 20.1. The summed E-state index contributed by atoms with van der Waals surface area (Å²) in [4.78, 5) is 24.5. The predicted molar refractivity (Wildman–Crippen MR) is 96.9 cm³/mol. The molecule has 0 saturated carbocycles. The van der Waals surface area contributed by atoms with E-state index >= 15 is 0 Å². The molecule has 1 N–H and O–H groups in total. The number of anilines is 1. The van der Waals surface area contributed by atoms with Gasteiger partial charge in [0.15, 0.2) is 0 Å². The van der Waals surface area contributed by atoms with Crippen LogP contribution in [0, 0.1) is 5.92 Å². The second-order valence-electron chi connectivity index (χ2n) is 6.52. The van der Waals surface area contributed by atoms with Gasteiger partial charge in [0.2, 0.25) is 5.91 Å². The number of ether oxygens (including phenoxy) is 1. The zero-order valence-electron chi connectivity index (χ0n) is 14.9. The highest BCUT2D eigenvalue weighted by Gasteiger charge is 2.44. The maximum Gasteiger partial charge on any atom is 0.471 e. The number of likely N-dealkylation sites (tertiary alicyclic amines) is 1. The topological polar surface area (TPSA) is 58.6 Å². The van der Waals surface area contributed by atoms with Crippen molar-refractivity contribution >= 4 is 17.5 Å². The number of halogens is 3. The van der Waals surface area contributed by atoms with E-state index in [9.17, 15) is 22.8 Å². The number of nitrogens with zero attached hydrogens (tertiary/aromatic N) is 1. The Morgan fingerprint density at radius 2 is 1.64 bits per heavy atom. The van der Waals surface area contributed by atoms with Gasteiger partial charge in [0.1, 0.15) is 11.5 Å². The van der Waals surface area contributed by atoms with Crippen LogP contribution in [0.2, 0.25) is 0 Å². The van der Waals surface area contributed by atoms with E-state index in [4.69, 9.17) is 4.74 Å². The largest absolute Gasteiger partial charge is 0.471 e. The van der Waals surface area contributed by atoms with Gasteiger partial charge in [-0.2, -0.15) is 13.2 Å². The lowest BCUT2D eigenvalue weighted by Crippen LogP contribution is -2.48. The second kappa shape index (κ2) is 8.33. The molecule has 1 saturated heterocycles. The first-order valence-electron chi connectivity index (χ1n) is 8.83. The van der Waals surface area contributed by atoms with Gasteiger partial charge in [-0.3, -0.25) is 9.59 Å². The number of carbonyl (C=O) groups excluding carboxylic acids is 2. The molecule has 0 aromatic heterocycles. The third kappa shape index (κ3) is 5.03. The Kier molecular flexibility index (Phi) is 5.87. The summed E-state index contributed by atoms with van der Waals surface area (Å²) in [6.07, 6.45) is -4.14. The van der Waals surface area contributed by atoms with Crippen LogP contribution in [0.3, 0.4) is 0 Å². The minimum absolute atomic E-state index is 0.00758. The second-order valence-corrected chi connectivity index (χ2v) is 6.52. The zero-order valence-corrected chi connectivity index (χ0v) is 14.9. The minimum Gasteiger partial charge on any atom is -0.457 e. The van der Waals surface area contributed by atoms with Crippen LogP contribution in [0.25, 0.3) is 0 Å². The normalized spacial score (nSPS) is 17.1. The van der Waals surface area contributed by atoms with Crippen LogP contribution in [0.15, 0.2) is 54.6 Å². The fraction of sp³-hybridized carbons (Fsp3) is 0.300. The number of piperidine rings is 1. The molecule has 2 aromatic rings. The lowest BCUT2D eigenvalue weighted by atomic mass is 9.97. The highest BCUT2D eigenvalue weighted by molar-refractivity contribution is 5.93. The molecule has 1 aliphatic heterocycles. The Balaban J connectivity index is 1.57. The standard InChI is InChI=1S/C20H19F3N2O3/c21-20(22,23)19(27)25-12-4-5-14(13-25)18(26)24-15-8-10-17(11-9-15)28-16-6-2-1-3-7-16/h1-3,6-11,14H,4-5,12-13H2,(H,24,26). The van der Waals surface area contributed by atoms with Crippen molar-refractivity contribution in [3.05, 3.63) is 54.6 Å². The lowest BCUT2D eigenvalue weighted by Gasteiger charge is -2.32. The Morgan fingerprint density at radius 3 is 2.29 bits per heavy atom. The van der Waals surface area contributed by atoms with Crippen molar-refractivity contribution in [2.75, 3.05) is 18.4 Å². The Labute approximate surface area is 160 Å². The molecular weight excluding hydrogens is 373 g/mol. The Hall–Kier alpha value is -3.03. The fourth-order valence-electron chi connectivity index (χ4n) is 3.03. The molecule has 2 amide bonds. The Morgan fingerprint density at radius 1 is 1.00 bits per heavy atom. The van der Waals surface area contributed by atoms with E-state index in [-0.39, 0.29) is 13.1 Å². The average Bonchev–Trinajstić information content (AvgIpc) is 2.69. The molecule has 148 valence electrons. The molecule has 0 spiro atoms. The number of para-hydroxylation sites is 1. The molecule has 3 rings (SSSR count). The molecule has 1 heterocycles. The summed E-state index contributed by atoms with van der Waals surface area (Å²) in [5, 5.41) is 2.69. The van der Waals surface area contributed by atoms with Crippen molar-refractivity contribution in [2.24, 2.45) is 5.92 Å². The van der Waals surface area contributed by atoms with Crippen molar-refractivity contribution in [3.8, 4) is 11.5 Å². The van der Waals surface area contributed by atoms with Gasteiger partial charge < -0.3 is 15.0 Å². The van der Waals surface area contributed by atoms with Gasteiger partial charge >= 0.3 is 12.1 Å². The summed E-state index contributed by atoms with van der Waals surface area (Å²) in [6.45, 7) is -0.229. The van der Waals surface area contributed by atoms with Crippen LogP contribution in [0.5, 0.6) is 11.5 Å². The number of nitrogens with one attached hydrogen (secondary N) is 1. The van der Waals surface area contributed by atoms with Gasteiger partial charge in [-0.15, -0.1) is 0 Å². The van der Waals surface area contributed by atoms with Crippen LogP contribution < -0.4 is 10.1 Å². The van der Waals surface area contributed by atoms with Crippen LogP contribution in [-0.4, -0.2) is 36.0 Å². The minimum atomic E-state index is -4.92. The van der Waals surface area contributed by atoms with Gasteiger partial charge in [-0.1, -0.05) is 18.2 Å². The predicted octanol–water partition coefficient (Wildman–Crippen LogP) is 4.22. The molecule has 1 atom stereocenters. The summed E-state index contributed by atoms with van der Waals surface area (Å²) < 4.78 is 43.5. The van der Waals surface area contributed by atoms with Crippen LogP contribution in [0.1, 0.15) is 12.8 Å². The van der Waals surface area contributed by atoms with Crippen LogP contribution >= 0.6 is 0 Å². The molecule has 1 fully saturated rings. The van der Waals surface area contributed by atoms with E-state index < -0.39 is 23.9 Å². The van der Waals surface area contributed by atoms with Crippen LogP contribution in [0.4, 0.5) is 18.9 Å². The summed E-state index contributed by atoms with van der Waals surface area (Å²) >= 11 is 0. The third-order valence-corrected chi connectivity index (χ3v) is 4.42. The van der Waals surface area contributed by atoms with Crippen molar-refractivity contribution in [3.63, 3.8) is 0 Å². The van der Waals surface area contributed by atoms with E-state index in [1.54, 1.807) is 24.3 Å².